The Morgan fingerprint density at radius 3 is 2.69 bits per heavy atom. The van der Waals surface area contributed by atoms with Crippen molar-refractivity contribution in [3.05, 3.63) is 18.0 Å². The van der Waals surface area contributed by atoms with Crippen LogP contribution in [0.4, 0.5) is 13.2 Å². The van der Waals surface area contributed by atoms with Gasteiger partial charge in [-0.1, -0.05) is 0 Å². The standard InChI is InChI=1S/C10H14F3N3/c1-2-16-8(3-6-15-16)7-14-9(4-5-9)10(11,12)13/h3,6,14H,2,4-5,7H2,1H3. The molecule has 1 N–H and O–H groups in total. The van der Waals surface area contributed by atoms with E-state index in [1.165, 1.54) is 0 Å². The number of hydrogen-bond acceptors (Lipinski definition) is 2. The SMILES string of the molecule is CCn1nccc1CNC1(C(F)(F)F)CC1. The van der Waals surface area contributed by atoms with Gasteiger partial charge in [0, 0.05) is 19.3 Å². The van der Waals surface area contributed by atoms with Crippen molar-refractivity contribution in [2.75, 3.05) is 0 Å². The summed E-state index contributed by atoms with van der Waals surface area (Å²) >= 11 is 0. The molecule has 0 saturated heterocycles. The van der Waals surface area contributed by atoms with Gasteiger partial charge in [-0.3, -0.25) is 10.00 Å². The van der Waals surface area contributed by atoms with Crippen molar-refractivity contribution >= 4 is 0 Å². The second-order valence-electron chi connectivity index (χ2n) is 4.07. The van der Waals surface area contributed by atoms with Crippen molar-refractivity contribution in [2.24, 2.45) is 0 Å². The Bertz CT molecular complexity index is 366. The summed E-state index contributed by atoms with van der Waals surface area (Å²) in [4.78, 5) is 0. The Kier molecular flexibility index (Phi) is 2.69. The fourth-order valence-corrected chi connectivity index (χ4v) is 1.74. The second-order valence-corrected chi connectivity index (χ2v) is 4.07. The highest BCUT2D eigenvalue weighted by Gasteiger charge is 2.62. The number of aromatic nitrogens is 2. The van der Waals surface area contributed by atoms with Gasteiger partial charge in [0.1, 0.15) is 5.54 Å². The lowest BCUT2D eigenvalue weighted by Gasteiger charge is -2.20. The minimum Gasteiger partial charge on any atom is -0.298 e. The average molecular weight is 233 g/mol. The first-order valence-electron chi connectivity index (χ1n) is 5.31. The average Bonchev–Trinajstić information content (AvgIpc) is 2.88. The van der Waals surface area contributed by atoms with Crippen LogP contribution in [0.1, 0.15) is 25.5 Å². The van der Waals surface area contributed by atoms with Crippen molar-refractivity contribution in [2.45, 2.75) is 44.6 Å². The number of halogens is 3. The first-order chi connectivity index (χ1) is 7.48. The summed E-state index contributed by atoms with van der Waals surface area (Å²) < 4.78 is 39.6. The van der Waals surface area contributed by atoms with E-state index in [-0.39, 0.29) is 19.4 Å². The molecule has 1 aliphatic rings. The van der Waals surface area contributed by atoms with Gasteiger partial charge in [-0.15, -0.1) is 0 Å². The Hall–Kier alpha value is -1.04. The van der Waals surface area contributed by atoms with Gasteiger partial charge in [0.25, 0.3) is 0 Å². The number of alkyl halides is 3. The Morgan fingerprint density at radius 1 is 1.50 bits per heavy atom. The molecule has 1 saturated carbocycles. The third-order valence-electron chi connectivity index (χ3n) is 3.00. The van der Waals surface area contributed by atoms with E-state index in [1.54, 1.807) is 16.9 Å². The zero-order chi connectivity index (χ0) is 11.8. The summed E-state index contributed by atoms with van der Waals surface area (Å²) in [7, 11) is 0. The predicted molar refractivity (Wildman–Crippen MR) is 52.8 cm³/mol. The number of nitrogens with one attached hydrogen (secondary N) is 1. The predicted octanol–water partition coefficient (Wildman–Crippen LogP) is 2.09. The molecule has 2 rings (SSSR count). The summed E-state index contributed by atoms with van der Waals surface area (Å²) in [6.45, 7) is 2.80. The van der Waals surface area contributed by atoms with Crippen molar-refractivity contribution in [1.29, 1.82) is 0 Å². The Morgan fingerprint density at radius 2 is 2.19 bits per heavy atom. The first kappa shape index (κ1) is 11.4. The highest BCUT2D eigenvalue weighted by atomic mass is 19.4. The molecule has 6 heteroatoms. The lowest BCUT2D eigenvalue weighted by atomic mass is 10.2. The van der Waals surface area contributed by atoms with Crippen LogP contribution in [0.25, 0.3) is 0 Å². The summed E-state index contributed by atoms with van der Waals surface area (Å²) in [6.07, 6.45) is -2.19. The van der Waals surface area contributed by atoms with E-state index in [4.69, 9.17) is 0 Å². The Labute approximate surface area is 91.6 Å². The molecule has 0 spiro atoms. The minimum absolute atomic E-state index is 0.177. The van der Waals surface area contributed by atoms with Gasteiger partial charge in [-0.05, 0) is 25.8 Å². The van der Waals surface area contributed by atoms with E-state index >= 15 is 0 Å². The van der Waals surface area contributed by atoms with Gasteiger partial charge in [0.2, 0.25) is 0 Å². The van der Waals surface area contributed by atoms with Gasteiger partial charge in [-0.2, -0.15) is 18.3 Å². The first-order valence-corrected chi connectivity index (χ1v) is 5.31. The van der Waals surface area contributed by atoms with Gasteiger partial charge in [0.05, 0.1) is 5.69 Å². The zero-order valence-corrected chi connectivity index (χ0v) is 9.01. The van der Waals surface area contributed by atoms with E-state index in [0.717, 1.165) is 5.69 Å². The van der Waals surface area contributed by atoms with E-state index in [1.807, 2.05) is 6.92 Å². The molecule has 0 bridgehead atoms. The minimum atomic E-state index is -4.15. The topological polar surface area (TPSA) is 29.9 Å². The highest BCUT2D eigenvalue weighted by molar-refractivity contribution is 5.10. The molecule has 0 atom stereocenters. The maximum atomic E-state index is 12.6. The molecule has 1 heterocycles. The lowest BCUT2D eigenvalue weighted by molar-refractivity contribution is -0.166. The monoisotopic (exact) mass is 233 g/mol. The van der Waals surface area contributed by atoms with Crippen LogP contribution in [-0.4, -0.2) is 21.5 Å². The largest absolute Gasteiger partial charge is 0.406 e. The molecular formula is C10H14F3N3. The normalized spacial score (nSPS) is 18.8. The number of aryl methyl sites for hydroxylation is 1. The molecule has 0 amide bonds. The molecule has 1 aliphatic carbocycles. The summed E-state index contributed by atoms with van der Waals surface area (Å²) in [6, 6.07) is 1.74. The van der Waals surface area contributed by atoms with Crippen molar-refractivity contribution in [1.82, 2.24) is 15.1 Å². The molecule has 1 fully saturated rings. The molecule has 3 nitrogen and oxygen atoms in total. The summed E-state index contributed by atoms with van der Waals surface area (Å²) in [5, 5.41) is 6.61. The van der Waals surface area contributed by atoms with E-state index in [9.17, 15) is 13.2 Å². The number of nitrogens with zero attached hydrogens (tertiary/aromatic N) is 2. The Balaban J connectivity index is 1.98. The number of hydrogen-bond donors (Lipinski definition) is 1. The van der Waals surface area contributed by atoms with Gasteiger partial charge in [-0.25, -0.2) is 0 Å². The summed E-state index contributed by atoms with van der Waals surface area (Å²) in [5.74, 6) is 0. The quantitative estimate of drug-likeness (QED) is 0.863. The molecule has 1 aromatic heterocycles. The van der Waals surface area contributed by atoms with E-state index < -0.39 is 11.7 Å². The second kappa shape index (κ2) is 3.76. The van der Waals surface area contributed by atoms with Crippen LogP contribution in [0, 0.1) is 0 Å². The van der Waals surface area contributed by atoms with Crippen LogP contribution in [-0.2, 0) is 13.1 Å². The molecular weight excluding hydrogens is 219 g/mol. The smallest absolute Gasteiger partial charge is 0.298 e. The van der Waals surface area contributed by atoms with Crippen molar-refractivity contribution in [3.8, 4) is 0 Å². The van der Waals surface area contributed by atoms with Crippen LogP contribution in [0.15, 0.2) is 12.3 Å². The fraction of sp³-hybridized carbons (Fsp3) is 0.700. The van der Waals surface area contributed by atoms with E-state index in [0.29, 0.717) is 6.54 Å². The van der Waals surface area contributed by atoms with Crippen LogP contribution < -0.4 is 5.32 Å². The molecule has 0 unspecified atom stereocenters. The van der Waals surface area contributed by atoms with Gasteiger partial charge < -0.3 is 0 Å². The highest BCUT2D eigenvalue weighted by Crippen LogP contribution is 2.49. The zero-order valence-electron chi connectivity index (χ0n) is 9.01. The van der Waals surface area contributed by atoms with Gasteiger partial charge in [0.15, 0.2) is 0 Å². The van der Waals surface area contributed by atoms with Crippen molar-refractivity contribution in [3.63, 3.8) is 0 Å². The number of rotatable bonds is 4. The third kappa shape index (κ3) is 1.93. The molecule has 0 aliphatic heterocycles. The third-order valence-corrected chi connectivity index (χ3v) is 3.00. The maximum Gasteiger partial charge on any atom is 0.406 e. The lowest BCUT2D eigenvalue weighted by Crippen LogP contribution is -2.44. The van der Waals surface area contributed by atoms with Crippen LogP contribution in [0.3, 0.4) is 0 Å². The fourth-order valence-electron chi connectivity index (χ4n) is 1.74. The molecule has 16 heavy (non-hydrogen) atoms. The molecule has 0 radical (unpaired) electrons. The molecule has 90 valence electrons. The maximum absolute atomic E-state index is 12.6. The van der Waals surface area contributed by atoms with Crippen LogP contribution >= 0.6 is 0 Å². The van der Waals surface area contributed by atoms with E-state index in [2.05, 4.69) is 10.4 Å². The van der Waals surface area contributed by atoms with Gasteiger partial charge >= 0.3 is 6.18 Å². The molecule has 0 aromatic carbocycles. The van der Waals surface area contributed by atoms with Crippen LogP contribution in [0.5, 0.6) is 0 Å². The summed E-state index contributed by atoms with van der Waals surface area (Å²) in [5.41, 5.74) is -0.853. The van der Waals surface area contributed by atoms with Crippen LogP contribution in [0.2, 0.25) is 0 Å². The molecule has 1 aromatic rings. The van der Waals surface area contributed by atoms with Crippen molar-refractivity contribution < 1.29 is 13.2 Å².